The van der Waals surface area contributed by atoms with Crippen molar-refractivity contribution >= 4 is 36.2 Å². The number of phenols is 2. The molecule has 0 aliphatic heterocycles. The lowest BCUT2D eigenvalue weighted by Gasteiger charge is -2.51. The molecule has 1 heterocycles. The first kappa shape index (κ1) is 18.9. The van der Waals surface area contributed by atoms with Gasteiger partial charge in [-0.15, -0.1) is 0 Å². The number of benzene rings is 1. The molecular weight excluding hydrogens is 376 g/mol. The van der Waals surface area contributed by atoms with E-state index < -0.39 is 19.0 Å². The lowest BCUT2D eigenvalue weighted by Crippen LogP contribution is -2.57. The second kappa shape index (κ2) is 5.56. The first-order valence-electron chi connectivity index (χ1n) is 9.51. The van der Waals surface area contributed by atoms with Crippen LogP contribution in [0.3, 0.4) is 0 Å². The summed E-state index contributed by atoms with van der Waals surface area (Å²) >= 11 is 0. The average Bonchev–Trinajstić information content (AvgIpc) is 2.89. The smallest absolute Gasteiger partial charge is 0.172 e. The molecule has 0 radical (unpaired) electrons. The summed E-state index contributed by atoms with van der Waals surface area (Å²) in [5, 5.41) is 21.4. The highest BCUT2D eigenvalue weighted by molar-refractivity contribution is 6.84. The molecule has 1 saturated carbocycles. The number of Topliss-reactive ketones (excluding diaryl/α,β-unsaturated/α-hetero) is 3. The molecule has 1 aromatic heterocycles. The maximum Gasteiger partial charge on any atom is 0.172 e. The third kappa shape index (κ3) is 2.05. The first-order valence-corrected chi connectivity index (χ1v) is 13.0. The largest absolute Gasteiger partial charge is 0.506 e. The van der Waals surface area contributed by atoms with Gasteiger partial charge >= 0.3 is 0 Å². The first-order chi connectivity index (χ1) is 12.9. The maximum atomic E-state index is 13.9. The van der Waals surface area contributed by atoms with Gasteiger partial charge in [-0.2, -0.15) is 0 Å². The number of carbonyl (C=O) groups is 3. The monoisotopic (exact) mass is 400 g/mol. The molecule has 7 heteroatoms. The summed E-state index contributed by atoms with van der Waals surface area (Å²) in [6.07, 6.45) is 0.581. The van der Waals surface area contributed by atoms with Gasteiger partial charge in [0.2, 0.25) is 0 Å². The van der Waals surface area contributed by atoms with Crippen molar-refractivity contribution in [3.8, 4) is 11.5 Å². The van der Waals surface area contributed by atoms with Crippen LogP contribution in [0.5, 0.6) is 11.5 Å². The third-order valence-electron chi connectivity index (χ3n) is 6.77. The number of fused-ring (bicyclic) bond motifs is 3. The van der Waals surface area contributed by atoms with E-state index in [1.807, 2.05) is 19.6 Å². The predicted molar refractivity (Wildman–Crippen MR) is 106 cm³/mol. The SMILES string of the molecule is Cc1oc(C)c2c(O)c3c(c(O)c12)C(=O)C1CCC(=O)CC1([Si](C)(C)C)C3=O. The second-order valence-electron chi connectivity index (χ2n) is 9.13. The number of furan rings is 1. The Morgan fingerprint density at radius 1 is 0.964 bits per heavy atom. The van der Waals surface area contributed by atoms with Crippen molar-refractivity contribution in [1.82, 2.24) is 0 Å². The summed E-state index contributed by atoms with van der Waals surface area (Å²) < 4.78 is 5.56. The van der Waals surface area contributed by atoms with Crippen LogP contribution < -0.4 is 0 Å². The number of rotatable bonds is 1. The van der Waals surface area contributed by atoms with Crippen LogP contribution in [-0.2, 0) is 4.79 Å². The standard InChI is InChI=1S/C21H24O6Si/c1-9-13-14(10(2)27-9)19(25)16-15(18(13)24)17(23)12-7-6-11(22)8-21(12,20(16)26)28(3,4)5/h12,24-25H,6-8H2,1-5H3. The molecule has 2 atom stereocenters. The van der Waals surface area contributed by atoms with E-state index in [1.165, 1.54) is 0 Å². The Morgan fingerprint density at radius 3 is 2.04 bits per heavy atom. The summed E-state index contributed by atoms with van der Waals surface area (Å²) in [5.41, 5.74) is -0.264. The van der Waals surface area contributed by atoms with Crippen LogP contribution in [-0.4, -0.2) is 35.6 Å². The number of ketones is 3. The van der Waals surface area contributed by atoms with Gasteiger partial charge in [-0.05, 0) is 20.3 Å². The highest BCUT2D eigenvalue weighted by atomic mass is 28.3. The molecule has 4 rings (SSSR count). The lowest BCUT2D eigenvalue weighted by molar-refractivity contribution is -0.121. The molecule has 6 nitrogen and oxygen atoms in total. The molecule has 2 unspecified atom stereocenters. The van der Waals surface area contributed by atoms with E-state index >= 15 is 0 Å². The molecule has 0 amide bonds. The molecule has 0 bridgehead atoms. The molecule has 28 heavy (non-hydrogen) atoms. The average molecular weight is 401 g/mol. The lowest BCUT2D eigenvalue weighted by atomic mass is 9.65. The molecule has 0 spiro atoms. The normalized spacial score (nSPS) is 25.2. The van der Waals surface area contributed by atoms with E-state index in [9.17, 15) is 24.6 Å². The Balaban J connectivity index is 2.16. The van der Waals surface area contributed by atoms with Crippen molar-refractivity contribution in [3.05, 3.63) is 22.6 Å². The minimum absolute atomic E-state index is 0.0246. The van der Waals surface area contributed by atoms with Crippen LogP contribution in [0.4, 0.5) is 0 Å². The van der Waals surface area contributed by atoms with Gasteiger partial charge in [-0.25, -0.2) is 0 Å². The number of aromatic hydroxyl groups is 2. The van der Waals surface area contributed by atoms with Crippen LogP contribution in [0.2, 0.25) is 24.7 Å². The van der Waals surface area contributed by atoms with Gasteiger partial charge in [-0.3, -0.25) is 14.4 Å². The maximum absolute atomic E-state index is 13.9. The van der Waals surface area contributed by atoms with Crippen molar-refractivity contribution < 1.29 is 29.0 Å². The van der Waals surface area contributed by atoms with Crippen molar-refractivity contribution in [2.24, 2.45) is 5.92 Å². The Kier molecular flexibility index (Phi) is 3.76. The Labute approximate surface area is 163 Å². The quantitative estimate of drug-likeness (QED) is 0.547. The third-order valence-corrected chi connectivity index (χ3v) is 10.2. The number of phenolic OH excluding ortho intramolecular Hbond substituents is 2. The predicted octanol–water partition coefficient (Wildman–Crippen LogP) is 4.29. The molecule has 2 aliphatic carbocycles. The molecule has 2 aliphatic rings. The summed E-state index contributed by atoms with van der Waals surface area (Å²) in [6, 6.07) is 0. The molecule has 1 aromatic carbocycles. The summed E-state index contributed by atoms with van der Waals surface area (Å²) in [4.78, 5) is 39.8. The van der Waals surface area contributed by atoms with Crippen LogP contribution >= 0.6 is 0 Å². The highest BCUT2D eigenvalue weighted by Crippen LogP contribution is 2.62. The fraction of sp³-hybridized carbons (Fsp3) is 0.476. The zero-order chi connectivity index (χ0) is 20.8. The molecule has 0 saturated heterocycles. The fourth-order valence-electron chi connectivity index (χ4n) is 5.40. The molecule has 2 N–H and O–H groups in total. The van der Waals surface area contributed by atoms with Crippen molar-refractivity contribution in [2.75, 3.05) is 0 Å². The Hall–Kier alpha value is -2.41. The zero-order valence-corrected chi connectivity index (χ0v) is 17.7. The van der Waals surface area contributed by atoms with Crippen LogP contribution in [0.1, 0.15) is 51.5 Å². The minimum Gasteiger partial charge on any atom is -0.506 e. The summed E-state index contributed by atoms with van der Waals surface area (Å²) in [5.74, 6) is -1.29. The van der Waals surface area contributed by atoms with Crippen LogP contribution in [0.25, 0.3) is 10.8 Å². The van der Waals surface area contributed by atoms with E-state index in [0.29, 0.717) is 17.9 Å². The van der Waals surface area contributed by atoms with Gasteiger partial charge in [0.15, 0.2) is 11.6 Å². The molecular formula is C21H24O6Si. The zero-order valence-electron chi connectivity index (χ0n) is 16.7. The van der Waals surface area contributed by atoms with E-state index in [1.54, 1.807) is 13.8 Å². The van der Waals surface area contributed by atoms with Gasteiger partial charge in [0.25, 0.3) is 0 Å². The van der Waals surface area contributed by atoms with Gasteiger partial charge in [0.1, 0.15) is 28.8 Å². The highest BCUT2D eigenvalue weighted by Gasteiger charge is 2.63. The summed E-state index contributed by atoms with van der Waals surface area (Å²) in [7, 11) is -2.38. The van der Waals surface area contributed by atoms with E-state index in [4.69, 9.17) is 4.42 Å². The van der Waals surface area contributed by atoms with E-state index in [0.717, 1.165) is 0 Å². The Morgan fingerprint density at radius 2 is 1.50 bits per heavy atom. The van der Waals surface area contributed by atoms with E-state index in [-0.39, 0.29) is 63.6 Å². The van der Waals surface area contributed by atoms with Gasteiger partial charge in [0.05, 0.1) is 30.0 Å². The van der Waals surface area contributed by atoms with E-state index in [2.05, 4.69) is 0 Å². The topological polar surface area (TPSA) is 105 Å². The molecule has 1 fully saturated rings. The number of hydrogen-bond acceptors (Lipinski definition) is 6. The minimum atomic E-state index is -2.38. The van der Waals surface area contributed by atoms with Crippen LogP contribution in [0, 0.1) is 19.8 Å². The van der Waals surface area contributed by atoms with Crippen LogP contribution in [0.15, 0.2) is 4.42 Å². The van der Waals surface area contributed by atoms with Crippen molar-refractivity contribution in [3.63, 3.8) is 0 Å². The van der Waals surface area contributed by atoms with Gasteiger partial charge in [0, 0.05) is 23.8 Å². The summed E-state index contributed by atoms with van der Waals surface area (Å²) in [6.45, 7) is 9.23. The van der Waals surface area contributed by atoms with Crippen molar-refractivity contribution in [2.45, 2.75) is 57.8 Å². The van der Waals surface area contributed by atoms with Gasteiger partial charge < -0.3 is 14.6 Å². The fourth-order valence-corrected chi connectivity index (χ4v) is 8.25. The number of hydrogen-bond donors (Lipinski definition) is 2. The van der Waals surface area contributed by atoms with Crippen molar-refractivity contribution in [1.29, 1.82) is 0 Å². The molecule has 2 aromatic rings. The van der Waals surface area contributed by atoms with Gasteiger partial charge in [-0.1, -0.05) is 19.6 Å². The number of aryl methyl sites for hydroxylation is 2. The second-order valence-corrected chi connectivity index (χ2v) is 14.5. The Bertz CT molecular complexity index is 1090. The molecule has 148 valence electrons. The number of carbonyl (C=O) groups excluding carboxylic acids is 3.